The summed E-state index contributed by atoms with van der Waals surface area (Å²) in [6, 6.07) is 0. The fraction of sp³-hybridized carbons (Fsp3) is 0.556. The zero-order valence-electron chi connectivity index (χ0n) is 14.2. The Balaban J connectivity index is 2.09. The Bertz CT molecular complexity index is 1050. The van der Waals surface area contributed by atoms with Crippen LogP contribution in [0.3, 0.4) is 0 Å². The zero-order chi connectivity index (χ0) is 23.1. The van der Waals surface area contributed by atoms with E-state index in [9.17, 15) is 38.4 Å². The first-order chi connectivity index (χ1) is 13.5. The van der Waals surface area contributed by atoms with E-state index in [2.05, 4.69) is 25.8 Å². The van der Waals surface area contributed by atoms with Crippen LogP contribution < -0.4 is 11.2 Å². The molecule has 0 aromatic carbocycles. The number of H-pyrrole nitrogens is 1. The number of nitrogens with zero attached hydrogens (tertiary/aromatic N) is 1. The third-order valence-electron chi connectivity index (χ3n) is 3.38. The minimum atomic E-state index is -5.74. The fourth-order valence-electron chi connectivity index (χ4n) is 2.23. The summed E-state index contributed by atoms with van der Waals surface area (Å²) in [7, 11) is -16.8. The largest absolute Gasteiger partial charge is 0.490 e. The van der Waals surface area contributed by atoms with Crippen LogP contribution in [0.15, 0.2) is 20.7 Å². The van der Waals surface area contributed by atoms with E-state index < -0.39 is 65.9 Å². The van der Waals surface area contributed by atoms with Crippen molar-refractivity contribution in [2.45, 2.75) is 29.4 Å². The molecule has 2 heterocycles. The van der Waals surface area contributed by atoms with Gasteiger partial charge < -0.3 is 34.5 Å². The molecular weight excluding hydrogens is 501 g/mol. The average Bonchev–Trinajstić information content (AvgIpc) is 2.81. The first-order valence-electron chi connectivity index (χ1n) is 7.36. The molecule has 0 aliphatic carbocycles. The molecule has 0 spiro atoms. The number of aromatic nitrogens is 2. The van der Waals surface area contributed by atoms with Crippen LogP contribution in [-0.4, -0.2) is 64.3 Å². The van der Waals surface area contributed by atoms with Gasteiger partial charge in [0.05, 0.1) is 11.5 Å². The minimum absolute atomic E-state index is 0.239. The van der Waals surface area contributed by atoms with Crippen molar-refractivity contribution in [2.75, 3.05) is 6.61 Å². The Labute approximate surface area is 170 Å². The van der Waals surface area contributed by atoms with Gasteiger partial charge in [0.25, 0.3) is 5.56 Å². The maximum absolute atomic E-state index is 11.9. The van der Waals surface area contributed by atoms with Crippen molar-refractivity contribution in [1.29, 1.82) is 0 Å². The molecule has 0 radical (unpaired) electrons. The monoisotopic (exact) mass is 516 g/mol. The van der Waals surface area contributed by atoms with Gasteiger partial charge in [-0.1, -0.05) is 0 Å². The first-order valence-corrected chi connectivity index (χ1v) is 12.3. The van der Waals surface area contributed by atoms with Crippen LogP contribution >= 0.6 is 36.1 Å². The van der Waals surface area contributed by atoms with Crippen LogP contribution in [0.1, 0.15) is 6.23 Å². The molecule has 2 rings (SSSR count). The summed E-state index contributed by atoms with van der Waals surface area (Å²) in [6.45, 7) is -1.07. The van der Waals surface area contributed by atoms with E-state index in [1.54, 1.807) is 0 Å². The number of phosphoric acid groups is 3. The molecule has 0 amide bonds. The molecule has 1 aromatic heterocycles. The molecule has 1 aliphatic rings. The third-order valence-corrected chi connectivity index (χ3v) is 7.50. The summed E-state index contributed by atoms with van der Waals surface area (Å²) in [5, 5.41) is 20.0. The Hall–Kier alpha value is -0.680. The molecule has 1 aromatic rings. The highest BCUT2D eigenvalue weighted by Crippen LogP contribution is 2.66. The molecule has 30 heavy (non-hydrogen) atoms. The maximum Gasteiger partial charge on any atom is 0.490 e. The van der Waals surface area contributed by atoms with E-state index in [-0.39, 0.29) is 4.90 Å². The molecule has 21 heteroatoms. The van der Waals surface area contributed by atoms with Gasteiger partial charge in [0.15, 0.2) is 6.23 Å². The lowest BCUT2D eigenvalue weighted by molar-refractivity contribution is -0.0545. The van der Waals surface area contributed by atoms with Crippen molar-refractivity contribution in [3.8, 4) is 0 Å². The number of aliphatic hydroxyl groups is 2. The van der Waals surface area contributed by atoms with E-state index in [0.717, 1.165) is 6.20 Å². The Morgan fingerprint density at radius 3 is 2.23 bits per heavy atom. The van der Waals surface area contributed by atoms with E-state index in [0.29, 0.717) is 4.57 Å². The van der Waals surface area contributed by atoms with Crippen molar-refractivity contribution in [3.63, 3.8) is 0 Å². The van der Waals surface area contributed by atoms with Crippen LogP contribution in [0.5, 0.6) is 0 Å². The smallest absolute Gasteiger partial charge is 0.387 e. The molecule has 1 saturated heterocycles. The second kappa shape index (κ2) is 9.05. The predicted molar refractivity (Wildman–Crippen MR) is 94.3 cm³/mol. The highest BCUT2D eigenvalue weighted by Gasteiger charge is 2.46. The van der Waals surface area contributed by atoms with Gasteiger partial charge in [0, 0.05) is 6.20 Å². The highest BCUT2D eigenvalue weighted by molar-refractivity contribution is 7.80. The van der Waals surface area contributed by atoms with Crippen molar-refractivity contribution in [2.24, 2.45) is 0 Å². The van der Waals surface area contributed by atoms with E-state index >= 15 is 0 Å². The van der Waals surface area contributed by atoms with E-state index in [1.165, 1.54) is 0 Å². The first kappa shape index (κ1) is 25.6. The van der Waals surface area contributed by atoms with E-state index in [1.807, 2.05) is 4.98 Å². The van der Waals surface area contributed by atoms with Gasteiger partial charge in [-0.05, 0) is 0 Å². The van der Waals surface area contributed by atoms with Crippen molar-refractivity contribution in [3.05, 3.63) is 27.0 Å². The Morgan fingerprint density at radius 1 is 1.07 bits per heavy atom. The molecular formula is C9H15N2O15P3S. The average molecular weight is 516 g/mol. The van der Waals surface area contributed by atoms with Gasteiger partial charge in [0.2, 0.25) is 0 Å². The molecule has 7 N–H and O–H groups in total. The van der Waals surface area contributed by atoms with Crippen molar-refractivity contribution < 1.29 is 61.4 Å². The number of aromatic amines is 1. The van der Waals surface area contributed by atoms with Gasteiger partial charge in [0.1, 0.15) is 18.3 Å². The summed E-state index contributed by atoms with van der Waals surface area (Å²) in [5.41, 5.74) is -1.88. The Morgan fingerprint density at radius 2 is 1.67 bits per heavy atom. The SMILES string of the molecule is O=c1[nH]c(=O)n([C@H]2O[C@@H](COP(=O)(O)OP(=O)(O)OP(=O)(O)O)C(O)C2O)cc1S. The normalized spacial score (nSPS) is 28.8. The molecule has 1 fully saturated rings. The van der Waals surface area contributed by atoms with Gasteiger partial charge >= 0.3 is 29.2 Å². The third kappa shape index (κ3) is 6.66. The predicted octanol–water partition coefficient (Wildman–Crippen LogP) is -2.21. The van der Waals surface area contributed by atoms with Crippen LogP contribution in [0.2, 0.25) is 0 Å². The lowest BCUT2D eigenvalue weighted by atomic mass is 10.1. The number of hydrogen-bond donors (Lipinski definition) is 8. The Kier molecular flexibility index (Phi) is 7.72. The molecule has 17 nitrogen and oxygen atoms in total. The van der Waals surface area contributed by atoms with Gasteiger partial charge in [-0.3, -0.25) is 18.9 Å². The fourth-order valence-corrected chi connectivity index (χ4v) is 5.44. The second-order valence-electron chi connectivity index (χ2n) is 5.61. The van der Waals surface area contributed by atoms with Gasteiger partial charge in [-0.2, -0.15) is 8.62 Å². The summed E-state index contributed by atoms with van der Waals surface area (Å²) in [6.07, 6.45) is -5.91. The molecule has 172 valence electrons. The van der Waals surface area contributed by atoms with Crippen LogP contribution in [0.4, 0.5) is 0 Å². The molecule has 1 aliphatic heterocycles. The highest BCUT2D eigenvalue weighted by atomic mass is 32.1. The minimum Gasteiger partial charge on any atom is -0.387 e. The number of rotatable bonds is 8. The number of aliphatic hydroxyl groups excluding tert-OH is 2. The molecule has 6 atom stereocenters. The van der Waals surface area contributed by atoms with Crippen LogP contribution in [-0.2, 0) is 31.6 Å². The summed E-state index contributed by atoms with van der Waals surface area (Å²) in [4.78, 5) is 60.1. The van der Waals surface area contributed by atoms with Crippen molar-refractivity contribution >= 4 is 36.1 Å². The lowest BCUT2D eigenvalue weighted by Crippen LogP contribution is -2.38. The number of phosphoric ester groups is 1. The zero-order valence-corrected chi connectivity index (χ0v) is 17.8. The number of thiol groups is 1. The molecule has 0 saturated carbocycles. The summed E-state index contributed by atoms with van der Waals surface area (Å²) < 4.78 is 50.7. The van der Waals surface area contributed by atoms with Gasteiger partial charge in [-0.15, -0.1) is 12.6 Å². The number of ether oxygens (including phenoxy) is 1. The van der Waals surface area contributed by atoms with Crippen LogP contribution in [0, 0.1) is 0 Å². The number of nitrogens with one attached hydrogen (secondary N) is 1. The van der Waals surface area contributed by atoms with E-state index in [4.69, 9.17) is 19.4 Å². The lowest BCUT2D eigenvalue weighted by Gasteiger charge is -2.19. The second-order valence-corrected chi connectivity index (χ2v) is 10.5. The standard InChI is InChI=1S/C9H15N2O15P3S/c12-5-3(2-23-28(19,20)26-29(21,22)25-27(16,17)18)24-8(6(5)13)11-1-4(30)7(14)10-9(11)15/h1,3,5-6,8,12-13,30H,2H2,(H,19,20)(H,21,22)(H,10,14,15)(H2,16,17,18)/t3-,5?,6?,8-/m0/s1. The number of hydrogen-bond acceptors (Lipinski definition) is 12. The van der Waals surface area contributed by atoms with Crippen molar-refractivity contribution in [1.82, 2.24) is 9.55 Å². The summed E-state index contributed by atoms with van der Waals surface area (Å²) in [5.74, 6) is 0. The quantitative estimate of drug-likeness (QED) is 0.134. The van der Waals surface area contributed by atoms with Gasteiger partial charge in [-0.25, -0.2) is 18.5 Å². The topological polar surface area (TPSA) is 264 Å². The molecule has 0 bridgehead atoms. The molecule has 4 unspecified atom stereocenters. The maximum atomic E-state index is 11.9. The summed E-state index contributed by atoms with van der Waals surface area (Å²) >= 11 is 3.80. The van der Waals surface area contributed by atoms with Crippen LogP contribution in [0.25, 0.3) is 0 Å².